The molecule has 9 heteroatoms. The predicted molar refractivity (Wildman–Crippen MR) is 36.8 cm³/mol. The zero-order valence-corrected chi connectivity index (χ0v) is 6.00. The highest BCUT2D eigenvalue weighted by Crippen LogP contribution is 2.01. The van der Waals surface area contributed by atoms with Crippen molar-refractivity contribution in [1.29, 1.82) is 0 Å². The van der Waals surface area contributed by atoms with Crippen LogP contribution in [0.25, 0.3) is 16.9 Å². The number of H-pyrrole nitrogens is 1. The molecule has 3 rings (SSSR count). The van der Waals surface area contributed by atoms with Gasteiger partial charge in [-0.25, -0.2) is 4.63 Å². The molecule has 0 aliphatic carbocycles. The largest absolute Gasteiger partial charge is 0.298 e. The first-order chi connectivity index (χ1) is 6.36. The summed E-state index contributed by atoms with van der Waals surface area (Å²) in [7, 11) is 0. The molecule has 0 aromatic carbocycles. The number of hydrogen-bond donors (Lipinski definition) is 1. The van der Waals surface area contributed by atoms with Crippen LogP contribution in [-0.4, -0.2) is 35.3 Å². The van der Waals surface area contributed by atoms with Gasteiger partial charge in [0, 0.05) is 0 Å². The molecule has 0 aliphatic heterocycles. The molecule has 9 nitrogen and oxygen atoms in total. The van der Waals surface area contributed by atoms with Gasteiger partial charge in [0.1, 0.15) is 0 Å². The first-order valence-electron chi connectivity index (χ1n) is 3.29. The molecule has 0 fully saturated rings. The maximum atomic E-state index is 11.2. The average molecular weight is 179 g/mol. The summed E-state index contributed by atoms with van der Waals surface area (Å²) in [6.07, 6.45) is 0. The molecule has 0 saturated carbocycles. The Balaban J connectivity index is 2.79. The molecule has 0 spiro atoms. The second-order valence-corrected chi connectivity index (χ2v) is 2.30. The molecule has 3 heterocycles. The van der Waals surface area contributed by atoms with Gasteiger partial charge in [0.25, 0.3) is 5.56 Å². The van der Waals surface area contributed by atoms with Crippen LogP contribution in [0.1, 0.15) is 0 Å². The van der Waals surface area contributed by atoms with E-state index in [0.29, 0.717) is 0 Å². The summed E-state index contributed by atoms with van der Waals surface area (Å²) < 4.78 is 5.57. The van der Waals surface area contributed by atoms with Crippen molar-refractivity contribution in [1.82, 2.24) is 35.3 Å². The summed E-state index contributed by atoms with van der Waals surface area (Å²) >= 11 is 0. The Labute approximate surface area is 68.3 Å². The SMILES string of the molecule is O=c1[nH]c2nonc2n2nnnc12. The van der Waals surface area contributed by atoms with Crippen LogP contribution in [0.2, 0.25) is 0 Å². The van der Waals surface area contributed by atoms with E-state index >= 15 is 0 Å². The minimum Gasteiger partial charge on any atom is -0.298 e. The second-order valence-electron chi connectivity index (χ2n) is 2.30. The molecule has 3 aromatic rings. The lowest BCUT2D eigenvalue weighted by Crippen LogP contribution is -2.11. The molecule has 1 N–H and O–H groups in total. The van der Waals surface area contributed by atoms with Crippen molar-refractivity contribution in [3.8, 4) is 0 Å². The Morgan fingerprint density at radius 1 is 1.31 bits per heavy atom. The zero-order valence-electron chi connectivity index (χ0n) is 6.00. The quantitative estimate of drug-likeness (QED) is 0.439. The van der Waals surface area contributed by atoms with Crippen molar-refractivity contribution < 1.29 is 4.63 Å². The van der Waals surface area contributed by atoms with Crippen molar-refractivity contribution in [3.05, 3.63) is 10.4 Å². The number of nitrogens with one attached hydrogen (secondary N) is 1. The Bertz CT molecular complexity index is 632. The monoisotopic (exact) mass is 179 g/mol. The van der Waals surface area contributed by atoms with Gasteiger partial charge < -0.3 is 0 Å². The van der Waals surface area contributed by atoms with Crippen LogP contribution in [0.3, 0.4) is 0 Å². The molecule has 0 atom stereocenters. The second kappa shape index (κ2) is 1.88. The summed E-state index contributed by atoms with van der Waals surface area (Å²) in [4.78, 5) is 13.6. The third-order valence-electron chi connectivity index (χ3n) is 1.58. The molecule has 0 aliphatic rings. The highest BCUT2D eigenvalue weighted by molar-refractivity contribution is 5.66. The maximum Gasteiger partial charge on any atom is 0.296 e. The smallest absolute Gasteiger partial charge is 0.296 e. The minimum absolute atomic E-state index is 0.0585. The molecule has 3 aromatic heterocycles. The molecule has 0 amide bonds. The summed E-state index contributed by atoms with van der Waals surface area (Å²) in [5.74, 6) is 0. The average Bonchev–Trinajstić information content (AvgIpc) is 2.66. The maximum absolute atomic E-state index is 11.2. The fourth-order valence-corrected chi connectivity index (χ4v) is 1.04. The number of fused-ring (bicyclic) bond motifs is 3. The van der Waals surface area contributed by atoms with Gasteiger partial charge in [0.05, 0.1) is 0 Å². The van der Waals surface area contributed by atoms with Crippen LogP contribution in [0.4, 0.5) is 0 Å². The predicted octanol–water partition coefficient (Wildman–Crippen LogP) is -1.65. The van der Waals surface area contributed by atoms with Crippen molar-refractivity contribution in [2.45, 2.75) is 0 Å². The molecule has 0 saturated heterocycles. The van der Waals surface area contributed by atoms with Crippen LogP contribution in [-0.2, 0) is 0 Å². The van der Waals surface area contributed by atoms with Crippen molar-refractivity contribution >= 4 is 16.9 Å². The summed E-state index contributed by atoms with van der Waals surface area (Å²) in [5, 5.41) is 17.4. The van der Waals surface area contributed by atoms with Gasteiger partial charge in [-0.15, -0.1) is 5.10 Å². The van der Waals surface area contributed by atoms with E-state index in [0.717, 1.165) is 4.52 Å². The number of tetrazole rings is 1. The fraction of sp³-hybridized carbons (Fsp3) is 0. The third-order valence-corrected chi connectivity index (χ3v) is 1.58. The van der Waals surface area contributed by atoms with Crippen LogP contribution < -0.4 is 5.56 Å². The fourth-order valence-electron chi connectivity index (χ4n) is 1.04. The first kappa shape index (κ1) is 6.22. The van der Waals surface area contributed by atoms with E-state index in [4.69, 9.17) is 0 Å². The molecule has 13 heavy (non-hydrogen) atoms. The highest BCUT2D eigenvalue weighted by atomic mass is 16.6. The topological polar surface area (TPSA) is 115 Å². The van der Waals surface area contributed by atoms with E-state index < -0.39 is 5.56 Å². The van der Waals surface area contributed by atoms with Crippen LogP contribution in [0.15, 0.2) is 9.42 Å². The van der Waals surface area contributed by atoms with Gasteiger partial charge in [-0.2, -0.15) is 4.52 Å². The first-order valence-corrected chi connectivity index (χ1v) is 3.29. The number of aromatic nitrogens is 7. The van der Waals surface area contributed by atoms with Crippen LogP contribution >= 0.6 is 0 Å². The molecule has 64 valence electrons. The van der Waals surface area contributed by atoms with Crippen LogP contribution in [0, 0.1) is 0 Å². The number of nitrogens with zero attached hydrogens (tertiary/aromatic N) is 6. The Hall–Kier alpha value is -2.32. The molecular formula is C4HN7O2. The Kier molecular flexibility index (Phi) is 0.902. The molecular weight excluding hydrogens is 178 g/mol. The number of aromatic amines is 1. The summed E-state index contributed by atoms with van der Waals surface area (Å²) in [6, 6.07) is 0. The molecule has 0 unspecified atom stereocenters. The van der Waals surface area contributed by atoms with E-state index in [1.165, 1.54) is 0 Å². The van der Waals surface area contributed by atoms with Crippen molar-refractivity contribution in [2.75, 3.05) is 0 Å². The van der Waals surface area contributed by atoms with E-state index in [2.05, 4.69) is 35.5 Å². The third kappa shape index (κ3) is 0.648. The van der Waals surface area contributed by atoms with Crippen LogP contribution in [0.5, 0.6) is 0 Å². The zero-order chi connectivity index (χ0) is 8.84. The molecule has 0 radical (unpaired) electrons. The lowest BCUT2D eigenvalue weighted by Gasteiger charge is -1.86. The van der Waals surface area contributed by atoms with E-state index in [1.807, 2.05) is 0 Å². The van der Waals surface area contributed by atoms with Gasteiger partial charge in [-0.05, 0) is 20.7 Å². The Morgan fingerprint density at radius 3 is 3.15 bits per heavy atom. The highest BCUT2D eigenvalue weighted by Gasteiger charge is 2.11. The normalized spacial score (nSPS) is 11.4. The van der Waals surface area contributed by atoms with Gasteiger partial charge >= 0.3 is 0 Å². The standard InChI is InChI=1S/C4HN7O2/c12-4-3-6-9-10-11(3)2-1(5-4)7-13-8-2/h(H,5,7,12). The van der Waals surface area contributed by atoms with Gasteiger partial charge in [-0.1, -0.05) is 0 Å². The minimum atomic E-state index is -0.437. The van der Waals surface area contributed by atoms with Crippen molar-refractivity contribution in [2.24, 2.45) is 0 Å². The molecule has 0 bridgehead atoms. The van der Waals surface area contributed by atoms with E-state index in [9.17, 15) is 4.79 Å². The number of rotatable bonds is 0. The van der Waals surface area contributed by atoms with Gasteiger partial charge in [0.2, 0.25) is 16.9 Å². The summed E-state index contributed by atoms with van der Waals surface area (Å²) in [5.41, 5.74) is 0.112. The summed E-state index contributed by atoms with van der Waals surface area (Å²) in [6.45, 7) is 0. The Morgan fingerprint density at radius 2 is 2.23 bits per heavy atom. The lowest BCUT2D eigenvalue weighted by atomic mass is 10.6. The number of hydrogen-bond acceptors (Lipinski definition) is 7. The van der Waals surface area contributed by atoms with E-state index in [-0.39, 0.29) is 16.9 Å². The lowest BCUT2D eigenvalue weighted by molar-refractivity contribution is 0.313. The van der Waals surface area contributed by atoms with Crippen molar-refractivity contribution in [3.63, 3.8) is 0 Å². The van der Waals surface area contributed by atoms with Gasteiger partial charge in [0.15, 0.2) is 0 Å². The van der Waals surface area contributed by atoms with E-state index in [1.54, 1.807) is 0 Å². The van der Waals surface area contributed by atoms with Gasteiger partial charge in [-0.3, -0.25) is 9.78 Å².